The molecule has 0 atom stereocenters. The van der Waals surface area contributed by atoms with E-state index < -0.39 is 11.8 Å². The van der Waals surface area contributed by atoms with E-state index in [1.807, 2.05) is 13.8 Å². The SMILES string of the molecule is CC(C)CC(C=CC(=O)C(=O)O)=CO. The fourth-order valence-electron chi connectivity index (χ4n) is 0.889. The summed E-state index contributed by atoms with van der Waals surface area (Å²) in [5, 5.41) is 17.0. The first-order valence-corrected chi connectivity index (χ1v) is 4.26. The average molecular weight is 198 g/mol. The quantitative estimate of drug-likeness (QED) is 0.305. The van der Waals surface area contributed by atoms with Gasteiger partial charge in [0.1, 0.15) is 0 Å². The van der Waals surface area contributed by atoms with Crippen molar-refractivity contribution in [3.8, 4) is 0 Å². The summed E-state index contributed by atoms with van der Waals surface area (Å²) in [6.45, 7) is 3.91. The standard InChI is InChI=1S/C10H14O4/c1-7(2)5-8(6-11)3-4-9(12)10(13)14/h3-4,6-7,11H,5H2,1-2H3,(H,13,14). The van der Waals surface area contributed by atoms with Crippen molar-refractivity contribution in [3.63, 3.8) is 0 Å². The fourth-order valence-corrected chi connectivity index (χ4v) is 0.889. The Bertz CT molecular complexity index is 274. The number of carboxylic acid groups (broad SMARTS) is 1. The minimum atomic E-state index is -1.50. The molecule has 0 fully saturated rings. The van der Waals surface area contributed by atoms with Crippen LogP contribution < -0.4 is 0 Å². The van der Waals surface area contributed by atoms with Crippen LogP contribution >= 0.6 is 0 Å². The molecule has 0 amide bonds. The summed E-state index contributed by atoms with van der Waals surface area (Å²) in [7, 11) is 0. The number of rotatable bonds is 5. The number of aliphatic carboxylic acids is 1. The monoisotopic (exact) mass is 198 g/mol. The minimum Gasteiger partial charge on any atom is -0.515 e. The lowest BCUT2D eigenvalue weighted by Crippen LogP contribution is -2.08. The molecule has 0 aliphatic heterocycles. The van der Waals surface area contributed by atoms with Gasteiger partial charge in [-0.05, 0) is 24.0 Å². The van der Waals surface area contributed by atoms with Gasteiger partial charge in [0.05, 0.1) is 6.26 Å². The number of carbonyl (C=O) groups is 2. The first-order valence-electron chi connectivity index (χ1n) is 4.26. The molecule has 2 N–H and O–H groups in total. The van der Waals surface area contributed by atoms with Crippen LogP contribution in [0.4, 0.5) is 0 Å². The van der Waals surface area contributed by atoms with Crippen LogP contribution in [-0.2, 0) is 9.59 Å². The predicted octanol–water partition coefficient (Wildman–Crippen LogP) is 1.68. The predicted molar refractivity (Wildman–Crippen MR) is 51.9 cm³/mol. The molecule has 0 aromatic rings. The summed E-state index contributed by atoms with van der Waals surface area (Å²) in [6.07, 6.45) is 3.73. The molecule has 0 aliphatic rings. The van der Waals surface area contributed by atoms with Crippen molar-refractivity contribution in [1.29, 1.82) is 0 Å². The van der Waals surface area contributed by atoms with E-state index in [0.29, 0.717) is 17.9 Å². The number of hydrogen-bond donors (Lipinski definition) is 2. The van der Waals surface area contributed by atoms with Gasteiger partial charge in [0.2, 0.25) is 0 Å². The maximum absolute atomic E-state index is 10.7. The second-order valence-electron chi connectivity index (χ2n) is 3.30. The molecule has 0 unspecified atom stereocenters. The molecule has 0 spiro atoms. The summed E-state index contributed by atoms with van der Waals surface area (Å²) in [5.74, 6) is -2.16. The van der Waals surface area contributed by atoms with Crippen LogP contribution in [0.5, 0.6) is 0 Å². The summed E-state index contributed by atoms with van der Waals surface area (Å²) >= 11 is 0. The van der Waals surface area contributed by atoms with Crippen molar-refractivity contribution in [2.45, 2.75) is 20.3 Å². The third-order valence-corrected chi connectivity index (χ3v) is 1.47. The number of carboxylic acids is 1. The molecule has 4 nitrogen and oxygen atoms in total. The maximum atomic E-state index is 10.7. The van der Waals surface area contributed by atoms with E-state index in [4.69, 9.17) is 10.2 Å². The third kappa shape index (κ3) is 5.13. The lowest BCUT2D eigenvalue weighted by atomic mass is 10.0. The van der Waals surface area contributed by atoms with Gasteiger partial charge in [0.15, 0.2) is 0 Å². The molecule has 0 radical (unpaired) electrons. The highest BCUT2D eigenvalue weighted by Crippen LogP contribution is 2.10. The van der Waals surface area contributed by atoms with Crippen LogP contribution in [0.2, 0.25) is 0 Å². The van der Waals surface area contributed by atoms with Crippen LogP contribution in [0, 0.1) is 5.92 Å². The van der Waals surface area contributed by atoms with Crippen molar-refractivity contribution in [3.05, 3.63) is 24.0 Å². The second kappa shape index (κ2) is 5.96. The van der Waals surface area contributed by atoms with Crippen LogP contribution in [0.1, 0.15) is 20.3 Å². The summed E-state index contributed by atoms with van der Waals surface area (Å²) in [6, 6.07) is 0. The van der Waals surface area contributed by atoms with Crippen LogP contribution in [0.3, 0.4) is 0 Å². The van der Waals surface area contributed by atoms with Gasteiger partial charge in [0, 0.05) is 0 Å². The normalized spacial score (nSPS) is 12.4. The Balaban J connectivity index is 4.33. The zero-order chi connectivity index (χ0) is 11.1. The summed E-state index contributed by atoms with van der Waals surface area (Å²) in [4.78, 5) is 20.8. The first kappa shape index (κ1) is 12.4. The molecule has 4 heteroatoms. The largest absolute Gasteiger partial charge is 0.515 e. The second-order valence-corrected chi connectivity index (χ2v) is 3.30. The number of ketones is 1. The third-order valence-electron chi connectivity index (χ3n) is 1.47. The van der Waals surface area contributed by atoms with E-state index >= 15 is 0 Å². The lowest BCUT2D eigenvalue weighted by molar-refractivity contribution is -0.146. The zero-order valence-electron chi connectivity index (χ0n) is 8.23. The lowest BCUT2D eigenvalue weighted by Gasteiger charge is -2.03. The molecule has 0 heterocycles. The Morgan fingerprint density at radius 1 is 1.29 bits per heavy atom. The van der Waals surface area contributed by atoms with E-state index in [9.17, 15) is 9.59 Å². The first-order chi connectivity index (χ1) is 6.47. The number of allylic oxidation sites excluding steroid dienone is 2. The van der Waals surface area contributed by atoms with E-state index in [1.165, 1.54) is 6.08 Å². The van der Waals surface area contributed by atoms with Gasteiger partial charge in [-0.1, -0.05) is 19.9 Å². The topological polar surface area (TPSA) is 74.6 Å². The van der Waals surface area contributed by atoms with Crippen molar-refractivity contribution in [2.75, 3.05) is 0 Å². The van der Waals surface area contributed by atoms with E-state index in [0.717, 1.165) is 12.3 Å². The maximum Gasteiger partial charge on any atom is 0.376 e. The molecule has 78 valence electrons. The highest BCUT2D eigenvalue weighted by molar-refractivity contribution is 6.37. The van der Waals surface area contributed by atoms with Gasteiger partial charge >= 0.3 is 5.97 Å². The average Bonchev–Trinajstić information content (AvgIpc) is 2.10. The Labute approximate surface area is 82.6 Å². The van der Waals surface area contributed by atoms with Gasteiger partial charge in [-0.2, -0.15) is 0 Å². The smallest absolute Gasteiger partial charge is 0.376 e. The Morgan fingerprint density at radius 3 is 2.21 bits per heavy atom. The fraction of sp³-hybridized carbons (Fsp3) is 0.400. The van der Waals surface area contributed by atoms with Crippen molar-refractivity contribution >= 4 is 11.8 Å². The number of aliphatic hydroxyl groups is 1. The van der Waals surface area contributed by atoms with Gasteiger partial charge in [0.25, 0.3) is 5.78 Å². The van der Waals surface area contributed by atoms with E-state index in [2.05, 4.69) is 0 Å². The van der Waals surface area contributed by atoms with Gasteiger partial charge in [-0.25, -0.2) is 4.79 Å². The zero-order valence-corrected chi connectivity index (χ0v) is 8.23. The molecular weight excluding hydrogens is 184 g/mol. The van der Waals surface area contributed by atoms with Crippen LogP contribution in [0.25, 0.3) is 0 Å². The molecule has 14 heavy (non-hydrogen) atoms. The van der Waals surface area contributed by atoms with E-state index in [-0.39, 0.29) is 0 Å². The summed E-state index contributed by atoms with van der Waals surface area (Å²) in [5.41, 5.74) is 0.537. The van der Waals surface area contributed by atoms with Gasteiger partial charge < -0.3 is 10.2 Å². The molecule has 0 rings (SSSR count). The van der Waals surface area contributed by atoms with Crippen molar-refractivity contribution < 1.29 is 19.8 Å². The molecule has 0 saturated heterocycles. The molecule has 0 aromatic carbocycles. The number of aliphatic hydroxyl groups excluding tert-OH is 1. The molecule has 0 saturated carbocycles. The highest BCUT2D eigenvalue weighted by Gasteiger charge is 2.06. The van der Waals surface area contributed by atoms with E-state index in [1.54, 1.807) is 0 Å². The Hall–Kier alpha value is -1.58. The highest BCUT2D eigenvalue weighted by atomic mass is 16.4. The van der Waals surface area contributed by atoms with Gasteiger partial charge in [-0.3, -0.25) is 4.79 Å². The number of carbonyl (C=O) groups excluding carboxylic acids is 1. The molecule has 0 bridgehead atoms. The van der Waals surface area contributed by atoms with Gasteiger partial charge in [-0.15, -0.1) is 0 Å². The molecular formula is C10H14O4. The van der Waals surface area contributed by atoms with Crippen LogP contribution in [0.15, 0.2) is 24.0 Å². The Kier molecular flexibility index (Phi) is 5.29. The van der Waals surface area contributed by atoms with Crippen molar-refractivity contribution in [2.24, 2.45) is 5.92 Å². The van der Waals surface area contributed by atoms with Crippen molar-refractivity contribution in [1.82, 2.24) is 0 Å². The minimum absolute atomic E-state index is 0.331. The summed E-state index contributed by atoms with van der Waals surface area (Å²) < 4.78 is 0. The van der Waals surface area contributed by atoms with Crippen LogP contribution in [-0.4, -0.2) is 22.0 Å². The Morgan fingerprint density at radius 2 is 1.86 bits per heavy atom. The number of hydrogen-bond acceptors (Lipinski definition) is 3. The molecule has 0 aliphatic carbocycles. The molecule has 0 aromatic heterocycles.